The van der Waals surface area contributed by atoms with E-state index in [-0.39, 0.29) is 17.7 Å². The number of nitrogens with one attached hydrogen (secondary N) is 1. The van der Waals surface area contributed by atoms with Crippen molar-refractivity contribution in [2.45, 2.75) is 26.4 Å². The lowest BCUT2D eigenvalue weighted by Crippen LogP contribution is -2.18. The van der Waals surface area contributed by atoms with E-state index in [2.05, 4.69) is 5.32 Å². The van der Waals surface area contributed by atoms with Crippen molar-refractivity contribution in [1.29, 1.82) is 0 Å². The molecular weight excluding hydrogens is 262 g/mol. The van der Waals surface area contributed by atoms with Crippen molar-refractivity contribution in [2.75, 3.05) is 5.32 Å². The normalized spacial score (nSPS) is 10.6. The van der Waals surface area contributed by atoms with Crippen molar-refractivity contribution in [2.24, 2.45) is 0 Å². The number of nitrogens with zero attached hydrogens (tertiary/aromatic N) is 1. The van der Waals surface area contributed by atoms with Gasteiger partial charge in [0.05, 0.1) is 5.69 Å². The molecule has 0 spiro atoms. The number of halogens is 2. The van der Waals surface area contributed by atoms with E-state index in [1.54, 1.807) is 16.8 Å². The summed E-state index contributed by atoms with van der Waals surface area (Å²) in [4.78, 5) is 11.6. The van der Waals surface area contributed by atoms with Gasteiger partial charge in [-0.15, -0.1) is 0 Å². The second kappa shape index (κ2) is 6.32. The average Bonchev–Trinajstić information content (AvgIpc) is 2.43. The summed E-state index contributed by atoms with van der Waals surface area (Å²) in [5, 5.41) is 2.99. The van der Waals surface area contributed by atoms with Gasteiger partial charge >= 0.3 is 0 Å². The summed E-state index contributed by atoms with van der Waals surface area (Å²) in [6, 6.07) is 6.43. The molecule has 0 saturated carbocycles. The molecule has 0 amide bonds. The molecule has 0 aliphatic carbocycles. The Kier molecular flexibility index (Phi) is 4.50. The van der Waals surface area contributed by atoms with Gasteiger partial charge in [-0.05, 0) is 30.7 Å². The molecule has 20 heavy (non-hydrogen) atoms. The Morgan fingerprint density at radius 3 is 2.75 bits per heavy atom. The minimum Gasteiger partial charge on any atom is -0.380 e. The third-order valence-corrected chi connectivity index (χ3v) is 2.94. The number of benzene rings is 1. The third-order valence-electron chi connectivity index (χ3n) is 2.94. The van der Waals surface area contributed by atoms with Crippen LogP contribution in [-0.4, -0.2) is 4.57 Å². The predicted octanol–water partition coefficient (Wildman–Crippen LogP) is 3.15. The maximum atomic E-state index is 13.5. The highest BCUT2D eigenvalue weighted by molar-refractivity contribution is 5.41. The van der Waals surface area contributed by atoms with Crippen molar-refractivity contribution >= 4 is 5.69 Å². The fraction of sp³-hybridized carbons (Fsp3) is 0.267. The molecule has 0 unspecified atom stereocenters. The van der Waals surface area contributed by atoms with E-state index in [1.807, 2.05) is 6.92 Å². The van der Waals surface area contributed by atoms with Gasteiger partial charge in [-0.3, -0.25) is 4.79 Å². The molecule has 2 rings (SSSR count). The Labute approximate surface area is 115 Å². The number of rotatable bonds is 5. The summed E-state index contributed by atoms with van der Waals surface area (Å²) < 4.78 is 28.1. The Bertz CT molecular complexity index is 653. The molecule has 2 aromatic rings. The van der Waals surface area contributed by atoms with Crippen molar-refractivity contribution in [3.8, 4) is 0 Å². The van der Waals surface area contributed by atoms with Gasteiger partial charge in [0.1, 0.15) is 11.6 Å². The van der Waals surface area contributed by atoms with Crippen LogP contribution in [0.4, 0.5) is 14.5 Å². The van der Waals surface area contributed by atoms with E-state index in [9.17, 15) is 13.6 Å². The highest BCUT2D eigenvalue weighted by Gasteiger charge is 2.04. The van der Waals surface area contributed by atoms with Gasteiger partial charge in [0.15, 0.2) is 0 Å². The van der Waals surface area contributed by atoms with Crippen molar-refractivity contribution < 1.29 is 8.78 Å². The van der Waals surface area contributed by atoms with Crippen molar-refractivity contribution in [3.05, 3.63) is 64.1 Å². The molecule has 0 aliphatic rings. The quantitative estimate of drug-likeness (QED) is 0.911. The summed E-state index contributed by atoms with van der Waals surface area (Å²) in [7, 11) is 0. The fourth-order valence-corrected chi connectivity index (χ4v) is 1.93. The first-order valence-electron chi connectivity index (χ1n) is 6.48. The summed E-state index contributed by atoms with van der Waals surface area (Å²) in [6.07, 6.45) is 2.53. The van der Waals surface area contributed by atoms with Crippen molar-refractivity contribution in [3.63, 3.8) is 0 Å². The summed E-state index contributed by atoms with van der Waals surface area (Å²) >= 11 is 0. The van der Waals surface area contributed by atoms with Crippen LogP contribution >= 0.6 is 0 Å². The molecule has 1 N–H and O–H groups in total. The Hall–Kier alpha value is -2.17. The number of pyridine rings is 1. The standard InChI is InChI=1S/C15H16F2N2O/c1-2-7-19-10-13(4-6-15(19)20)18-9-11-8-12(16)3-5-14(11)17/h3-6,8,10,18H,2,7,9H2,1H3. The Balaban J connectivity index is 2.12. The van der Waals surface area contributed by atoms with E-state index < -0.39 is 11.6 Å². The molecule has 3 nitrogen and oxygen atoms in total. The largest absolute Gasteiger partial charge is 0.380 e. The molecular formula is C15H16F2N2O. The van der Waals surface area contributed by atoms with E-state index in [1.165, 1.54) is 6.07 Å². The van der Waals surface area contributed by atoms with Crippen LogP contribution in [0.15, 0.2) is 41.3 Å². The van der Waals surface area contributed by atoms with Crippen LogP contribution in [0.25, 0.3) is 0 Å². The molecule has 1 heterocycles. The van der Waals surface area contributed by atoms with Gasteiger partial charge in [-0.2, -0.15) is 0 Å². The average molecular weight is 278 g/mol. The molecule has 1 aromatic carbocycles. The van der Waals surface area contributed by atoms with Gasteiger partial charge in [-0.25, -0.2) is 8.78 Å². The zero-order valence-electron chi connectivity index (χ0n) is 11.2. The highest BCUT2D eigenvalue weighted by Crippen LogP contribution is 2.12. The lowest BCUT2D eigenvalue weighted by molar-refractivity contribution is 0.587. The maximum Gasteiger partial charge on any atom is 0.250 e. The number of hydrogen-bond acceptors (Lipinski definition) is 2. The first kappa shape index (κ1) is 14.2. The van der Waals surface area contributed by atoms with E-state index >= 15 is 0 Å². The first-order valence-corrected chi connectivity index (χ1v) is 6.48. The lowest BCUT2D eigenvalue weighted by Gasteiger charge is -2.10. The van der Waals surface area contributed by atoms with E-state index in [4.69, 9.17) is 0 Å². The van der Waals surface area contributed by atoms with Crippen LogP contribution in [0, 0.1) is 11.6 Å². The molecule has 0 radical (unpaired) electrons. The summed E-state index contributed by atoms with van der Waals surface area (Å²) in [6.45, 7) is 2.77. The van der Waals surface area contributed by atoms with Gasteiger partial charge in [0, 0.05) is 30.9 Å². The van der Waals surface area contributed by atoms with Gasteiger partial charge < -0.3 is 9.88 Å². The SMILES string of the molecule is CCCn1cc(NCc2cc(F)ccc2F)ccc1=O. The smallest absolute Gasteiger partial charge is 0.250 e. The first-order chi connectivity index (χ1) is 9.60. The second-order valence-corrected chi connectivity index (χ2v) is 4.54. The zero-order chi connectivity index (χ0) is 14.5. The number of hydrogen-bond donors (Lipinski definition) is 1. The lowest BCUT2D eigenvalue weighted by atomic mass is 10.2. The monoisotopic (exact) mass is 278 g/mol. The van der Waals surface area contributed by atoms with Crippen LogP contribution in [0.1, 0.15) is 18.9 Å². The minimum atomic E-state index is -0.473. The maximum absolute atomic E-state index is 13.5. The predicted molar refractivity (Wildman–Crippen MR) is 74.7 cm³/mol. The number of aromatic nitrogens is 1. The number of aryl methyl sites for hydroxylation is 1. The van der Waals surface area contributed by atoms with Crippen LogP contribution in [0.2, 0.25) is 0 Å². The molecule has 0 fully saturated rings. The fourth-order valence-electron chi connectivity index (χ4n) is 1.93. The second-order valence-electron chi connectivity index (χ2n) is 4.54. The zero-order valence-corrected chi connectivity index (χ0v) is 11.2. The number of anilines is 1. The molecule has 0 aliphatic heterocycles. The Morgan fingerprint density at radius 1 is 1.20 bits per heavy atom. The van der Waals surface area contributed by atoms with Gasteiger partial charge in [0.2, 0.25) is 0 Å². The van der Waals surface area contributed by atoms with Crippen LogP contribution in [0.5, 0.6) is 0 Å². The van der Waals surface area contributed by atoms with Crippen molar-refractivity contribution in [1.82, 2.24) is 4.57 Å². The van der Waals surface area contributed by atoms with E-state index in [0.717, 1.165) is 24.6 Å². The molecule has 1 aromatic heterocycles. The molecule has 0 saturated heterocycles. The van der Waals surface area contributed by atoms with E-state index in [0.29, 0.717) is 12.2 Å². The van der Waals surface area contributed by atoms with Gasteiger partial charge in [-0.1, -0.05) is 6.92 Å². The summed E-state index contributed by atoms with van der Waals surface area (Å²) in [5.41, 5.74) is 0.870. The molecule has 0 atom stereocenters. The minimum absolute atomic E-state index is 0.0747. The highest BCUT2D eigenvalue weighted by atomic mass is 19.1. The molecule has 106 valence electrons. The van der Waals surface area contributed by atoms with Crippen LogP contribution in [0.3, 0.4) is 0 Å². The topological polar surface area (TPSA) is 34.0 Å². The third kappa shape index (κ3) is 3.44. The van der Waals surface area contributed by atoms with Gasteiger partial charge in [0.25, 0.3) is 5.56 Å². The van der Waals surface area contributed by atoms with Crippen LogP contribution < -0.4 is 10.9 Å². The Morgan fingerprint density at radius 2 is 2.00 bits per heavy atom. The molecule has 5 heteroatoms. The van der Waals surface area contributed by atoms with Crippen LogP contribution in [-0.2, 0) is 13.1 Å². The summed E-state index contributed by atoms with van der Waals surface area (Å²) in [5.74, 6) is -0.931. The molecule has 0 bridgehead atoms.